The van der Waals surface area contributed by atoms with Crippen LogP contribution in [0.4, 0.5) is 5.69 Å². The summed E-state index contributed by atoms with van der Waals surface area (Å²) in [5, 5.41) is 3.32. The molecule has 7 heteroatoms. The third kappa shape index (κ3) is 4.77. The van der Waals surface area contributed by atoms with Crippen molar-refractivity contribution >= 4 is 29.1 Å². The summed E-state index contributed by atoms with van der Waals surface area (Å²) in [6.45, 7) is 0.607. The number of carbonyl (C=O) groups is 2. The summed E-state index contributed by atoms with van der Waals surface area (Å²) in [7, 11) is 3.30. The molecule has 3 rings (SSSR count). The summed E-state index contributed by atoms with van der Waals surface area (Å²) in [6.07, 6.45) is 4.80. The van der Waals surface area contributed by atoms with Gasteiger partial charge in [0.1, 0.15) is 5.75 Å². The van der Waals surface area contributed by atoms with Gasteiger partial charge in [0.2, 0.25) is 11.8 Å². The molecule has 6 nitrogen and oxygen atoms in total. The number of hydrogen-bond donors (Lipinski definition) is 1. The molecule has 142 valence electrons. The molecular weight excluding hydrogens is 366 g/mol. The maximum absolute atomic E-state index is 12.6. The summed E-state index contributed by atoms with van der Waals surface area (Å²) in [5.41, 5.74) is 1.64. The molecule has 0 saturated heterocycles. The highest BCUT2D eigenvalue weighted by Crippen LogP contribution is 2.41. The molecule has 1 N–H and O–H groups in total. The third-order valence-electron chi connectivity index (χ3n) is 4.73. The van der Waals surface area contributed by atoms with Gasteiger partial charge in [-0.1, -0.05) is 11.6 Å². The lowest BCUT2D eigenvalue weighted by atomic mass is 10.2. The van der Waals surface area contributed by atoms with E-state index < -0.39 is 0 Å². The van der Waals surface area contributed by atoms with Gasteiger partial charge in [-0.05, 0) is 48.7 Å². The zero-order valence-corrected chi connectivity index (χ0v) is 16.1. The Hall–Kier alpha value is -2.60. The highest BCUT2D eigenvalue weighted by molar-refractivity contribution is 6.31. The van der Waals surface area contributed by atoms with E-state index in [2.05, 4.69) is 10.3 Å². The monoisotopic (exact) mass is 387 g/mol. The number of nitrogens with one attached hydrogen (secondary N) is 1. The summed E-state index contributed by atoms with van der Waals surface area (Å²) < 4.78 is 5.23. The lowest BCUT2D eigenvalue weighted by Gasteiger charge is -2.17. The Morgan fingerprint density at radius 1 is 1.26 bits per heavy atom. The number of amides is 2. The maximum Gasteiger partial charge on any atom is 0.228 e. The van der Waals surface area contributed by atoms with Crippen molar-refractivity contribution in [3.8, 4) is 5.75 Å². The number of benzene rings is 1. The molecule has 2 amide bonds. The minimum atomic E-state index is -0.315. The van der Waals surface area contributed by atoms with E-state index in [-0.39, 0.29) is 23.7 Å². The first kappa shape index (κ1) is 19.2. The average Bonchev–Trinajstić information content (AvgIpc) is 3.47. The van der Waals surface area contributed by atoms with E-state index in [9.17, 15) is 9.59 Å². The molecule has 1 aliphatic carbocycles. The number of aromatic nitrogens is 1. The van der Waals surface area contributed by atoms with E-state index in [1.54, 1.807) is 42.5 Å². The molecule has 1 heterocycles. The molecule has 27 heavy (non-hydrogen) atoms. The van der Waals surface area contributed by atoms with Crippen LogP contribution >= 0.6 is 11.6 Å². The second-order valence-electron chi connectivity index (χ2n) is 6.65. The van der Waals surface area contributed by atoms with Crippen LogP contribution in [0.15, 0.2) is 42.7 Å². The lowest BCUT2D eigenvalue weighted by molar-refractivity contribution is -0.132. The number of ether oxygens (including phenoxy) is 1. The smallest absolute Gasteiger partial charge is 0.228 e. The van der Waals surface area contributed by atoms with Crippen molar-refractivity contribution in [2.24, 2.45) is 11.8 Å². The highest BCUT2D eigenvalue weighted by atomic mass is 35.5. The quantitative estimate of drug-likeness (QED) is 0.792. The first-order valence-corrected chi connectivity index (χ1v) is 9.15. The molecule has 1 fully saturated rings. The molecule has 0 spiro atoms. The molecule has 0 radical (unpaired) electrons. The van der Waals surface area contributed by atoms with Crippen molar-refractivity contribution < 1.29 is 14.3 Å². The van der Waals surface area contributed by atoms with E-state index in [0.29, 0.717) is 29.4 Å². The minimum Gasteiger partial charge on any atom is -0.495 e. The van der Waals surface area contributed by atoms with Gasteiger partial charge in [0.25, 0.3) is 0 Å². The van der Waals surface area contributed by atoms with E-state index in [4.69, 9.17) is 16.3 Å². The Labute approximate surface area is 163 Å². The predicted octanol–water partition coefficient (Wildman–Crippen LogP) is 3.02. The number of likely N-dealkylation sites (N-methyl/N-ethyl adjacent to an activating group) is 1. The number of nitrogens with zero attached hydrogens (tertiary/aromatic N) is 2. The average molecular weight is 388 g/mol. The van der Waals surface area contributed by atoms with Gasteiger partial charge in [0.05, 0.1) is 24.6 Å². The van der Waals surface area contributed by atoms with Gasteiger partial charge in [-0.2, -0.15) is 0 Å². The molecule has 1 saturated carbocycles. The largest absolute Gasteiger partial charge is 0.495 e. The van der Waals surface area contributed by atoms with E-state index >= 15 is 0 Å². The van der Waals surface area contributed by atoms with E-state index in [1.807, 2.05) is 12.1 Å². The molecule has 2 atom stereocenters. The second-order valence-corrected chi connectivity index (χ2v) is 7.08. The van der Waals surface area contributed by atoms with Crippen molar-refractivity contribution in [2.75, 3.05) is 26.0 Å². The van der Waals surface area contributed by atoms with Crippen LogP contribution < -0.4 is 10.1 Å². The summed E-state index contributed by atoms with van der Waals surface area (Å²) in [4.78, 5) is 30.7. The van der Waals surface area contributed by atoms with Crippen LogP contribution in [0.25, 0.3) is 0 Å². The van der Waals surface area contributed by atoms with Crippen molar-refractivity contribution in [3.63, 3.8) is 0 Å². The summed E-state index contributed by atoms with van der Waals surface area (Å²) >= 11 is 5.99. The number of pyridine rings is 1. The number of methoxy groups -OCH3 is 1. The first-order valence-electron chi connectivity index (χ1n) is 8.78. The molecule has 2 unspecified atom stereocenters. The van der Waals surface area contributed by atoms with Gasteiger partial charge < -0.3 is 15.0 Å². The molecule has 0 bridgehead atoms. The van der Waals surface area contributed by atoms with Crippen molar-refractivity contribution in [1.29, 1.82) is 0 Å². The Morgan fingerprint density at radius 3 is 2.70 bits per heavy atom. The van der Waals surface area contributed by atoms with Gasteiger partial charge in [-0.15, -0.1) is 0 Å². The fourth-order valence-corrected chi connectivity index (χ4v) is 3.17. The van der Waals surface area contributed by atoms with Crippen molar-refractivity contribution in [1.82, 2.24) is 9.88 Å². The fraction of sp³-hybridized carbons (Fsp3) is 0.350. The third-order valence-corrected chi connectivity index (χ3v) is 4.96. The van der Waals surface area contributed by atoms with Gasteiger partial charge in [-0.3, -0.25) is 14.6 Å². The Morgan fingerprint density at radius 2 is 2.00 bits per heavy atom. The molecule has 2 aromatic rings. The summed E-state index contributed by atoms with van der Waals surface area (Å²) in [5.74, 6) is -0.230. The van der Waals surface area contributed by atoms with Crippen LogP contribution in [-0.4, -0.2) is 42.4 Å². The van der Waals surface area contributed by atoms with Crippen molar-refractivity contribution in [2.45, 2.75) is 12.8 Å². The van der Waals surface area contributed by atoms with Crippen LogP contribution in [-0.2, 0) is 16.0 Å². The molecule has 1 aliphatic rings. The molecule has 1 aromatic heterocycles. The van der Waals surface area contributed by atoms with Gasteiger partial charge >= 0.3 is 0 Å². The van der Waals surface area contributed by atoms with Crippen LogP contribution in [0.5, 0.6) is 5.75 Å². The number of halogens is 1. The van der Waals surface area contributed by atoms with E-state index in [0.717, 1.165) is 12.0 Å². The molecule has 0 aliphatic heterocycles. The van der Waals surface area contributed by atoms with Crippen LogP contribution in [0.2, 0.25) is 5.02 Å². The van der Waals surface area contributed by atoms with Gasteiger partial charge in [-0.25, -0.2) is 0 Å². The molecule has 1 aromatic carbocycles. The first-order chi connectivity index (χ1) is 13.0. The zero-order valence-electron chi connectivity index (χ0n) is 15.3. The Bertz CT molecular complexity index is 828. The highest BCUT2D eigenvalue weighted by Gasteiger charge is 2.49. The Balaban J connectivity index is 1.53. The van der Waals surface area contributed by atoms with Crippen LogP contribution in [0, 0.1) is 11.8 Å². The minimum absolute atomic E-state index is 0.00210. The topological polar surface area (TPSA) is 71.5 Å². The normalized spacial score (nSPS) is 17.9. The van der Waals surface area contributed by atoms with Gasteiger partial charge in [0, 0.05) is 31.0 Å². The lowest BCUT2D eigenvalue weighted by Crippen LogP contribution is -2.31. The Kier molecular flexibility index (Phi) is 5.96. The number of hydrogen-bond acceptors (Lipinski definition) is 4. The number of carbonyl (C=O) groups excluding carboxylic acids is 2. The predicted molar refractivity (Wildman–Crippen MR) is 104 cm³/mol. The second kappa shape index (κ2) is 8.39. The van der Waals surface area contributed by atoms with E-state index in [1.165, 1.54) is 7.11 Å². The van der Waals surface area contributed by atoms with Crippen molar-refractivity contribution in [3.05, 3.63) is 53.3 Å². The fourth-order valence-electron chi connectivity index (χ4n) is 3.00. The maximum atomic E-state index is 12.6. The SMILES string of the molecule is COc1ccc(Cl)cc1NC(=O)C1CC1C(=O)N(C)CCc1ccncc1. The zero-order chi connectivity index (χ0) is 19.4. The van der Waals surface area contributed by atoms with Crippen LogP contribution in [0.3, 0.4) is 0 Å². The number of anilines is 1. The molecular formula is C20H22ClN3O3. The van der Waals surface area contributed by atoms with Gasteiger partial charge in [0.15, 0.2) is 0 Å². The number of rotatable bonds is 7. The summed E-state index contributed by atoms with van der Waals surface area (Å²) in [6, 6.07) is 8.89. The van der Waals surface area contributed by atoms with Crippen LogP contribution in [0.1, 0.15) is 12.0 Å². The standard InChI is InChI=1S/C20H22ClN3O3/c1-24(10-7-13-5-8-22-9-6-13)20(26)16-12-15(16)19(25)23-17-11-14(21)3-4-18(17)27-2/h3-6,8-9,11,15-16H,7,10,12H2,1-2H3,(H,23,25).